The molecule has 1 nitrogen and oxygen atoms in total. The third-order valence-corrected chi connectivity index (χ3v) is 1.93. The number of benzene rings is 1. The van der Waals surface area contributed by atoms with Crippen molar-refractivity contribution in [3.8, 4) is 0 Å². The average Bonchev–Trinajstić information content (AvgIpc) is 2.09. The molecule has 80 valence electrons. The molecule has 0 heterocycles. The van der Waals surface area contributed by atoms with Crippen molar-refractivity contribution >= 4 is 5.78 Å². The van der Waals surface area contributed by atoms with Crippen molar-refractivity contribution in [2.45, 2.75) is 20.8 Å². The van der Waals surface area contributed by atoms with Crippen LogP contribution in [-0.4, -0.2) is 5.78 Å². The Labute approximate surface area is 87.4 Å². The van der Waals surface area contributed by atoms with Gasteiger partial charge in [0.05, 0.1) is 5.56 Å². The Morgan fingerprint density at radius 2 is 1.80 bits per heavy atom. The fraction of sp³-hybridized carbons (Fsp3) is 0.250. The summed E-state index contributed by atoms with van der Waals surface area (Å²) in [5, 5.41) is 0. The van der Waals surface area contributed by atoms with E-state index >= 15 is 0 Å². The van der Waals surface area contributed by atoms with E-state index in [4.69, 9.17) is 0 Å². The molecule has 3 heteroatoms. The van der Waals surface area contributed by atoms with Crippen LogP contribution in [0.1, 0.15) is 29.8 Å². The van der Waals surface area contributed by atoms with Gasteiger partial charge < -0.3 is 0 Å². The van der Waals surface area contributed by atoms with E-state index in [1.165, 1.54) is 19.1 Å². The van der Waals surface area contributed by atoms with Gasteiger partial charge in [-0.3, -0.25) is 4.79 Å². The summed E-state index contributed by atoms with van der Waals surface area (Å²) in [5.41, 5.74) is 0.957. The van der Waals surface area contributed by atoms with Crippen molar-refractivity contribution < 1.29 is 13.6 Å². The van der Waals surface area contributed by atoms with Gasteiger partial charge in [0.25, 0.3) is 0 Å². The van der Waals surface area contributed by atoms with Gasteiger partial charge in [0.2, 0.25) is 0 Å². The molecule has 0 amide bonds. The molecule has 0 aliphatic rings. The van der Waals surface area contributed by atoms with E-state index in [0.717, 1.165) is 11.6 Å². The number of ketones is 1. The molecule has 0 aromatic heterocycles. The minimum Gasteiger partial charge on any atom is -0.289 e. The largest absolute Gasteiger partial charge is 0.289 e. The van der Waals surface area contributed by atoms with E-state index in [2.05, 4.69) is 0 Å². The lowest BCUT2D eigenvalue weighted by molar-refractivity contribution is 0.104. The van der Waals surface area contributed by atoms with Gasteiger partial charge in [-0.2, -0.15) is 0 Å². The van der Waals surface area contributed by atoms with E-state index in [9.17, 15) is 13.6 Å². The highest BCUT2D eigenvalue weighted by Crippen LogP contribution is 2.15. The second kappa shape index (κ2) is 4.34. The Bertz CT molecular complexity index is 429. The normalized spacial score (nSPS) is 9.93. The summed E-state index contributed by atoms with van der Waals surface area (Å²) in [4.78, 5) is 11.5. The molecule has 0 saturated carbocycles. The van der Waals surface area contributed by atoms with Gasteiger partial charge in [-0.25, -0.2) is 8.78 Å². The van der Waals surface area contributed by atoms with Gasteiger partial charge in [-0.15, -0.1) is 0 Å². The Kier molecular flexibility index (Phi) is 3.35. The highest BCUT2D eigenvalue weighted by atomic mass is 19.1. The van der Waals surface area contributed by atoms with Crippen LogP contribution in [0.3, 0.4) is 0 Å². The number of halogens is 2. The zero-order valence-electron chi connectivity index (χ0n) is 8.90. The summed E-state index contributed by atoms with van der Waals surface area (Å²) < 4.78 is 26.2. The Morgan fingerprint density at radius 3 is 2.33 bits per heavy atom. The molecule has 0 spiro atoms. The number of carbonyl (C=O) groups is 1. The van der Waals surface area contributed by atoms with Crippen molar-refractivity contribution in [3.05, 3.63) is 46.5 Å². The van der Waals surface area contributed by atoms with Crippen LogP contribution in [0, 0.1) is 18.6 Å². The number of aryl methyl sites for hydroxylation is 1. The SMILES string of the molecule is CC(C)=CC(=O)c1cc(C)c(F)cc1F. The second-order valence-corrected chi connectivity index (χ2v) is 3.67. The van der Waals surface area contributed by atoms with E-state index in [1.807, 2.05) is 0 Å². The van der Waals surface area contributed by atoms with Crippen molar-refractivity contribution in [1.29, 1.82) is 0 Å². The maximum Gasteiger partial charge on any atom is 0.188 e. The van der Waals surface area contributed by atoms with Crippen LogP contribution in [0.4, 0.5) is 8.78 Å². The highest BCUT2D eigenvalue weighted by molar-refractivity contribution is 6.05. The van der Waals surface area contributed by atoms with Gasteiger partial charge in [0.15, 0.2) is 5.78 Å². The number of rotatable bonds is 2. The molecule has 0 fully saturated rings. The summed E-state index contributed by atoms with van der Waals surface area (Å²) in [7, 11) is 0. The molecule has 0 unspecified atom stereocenters. The molecular weight excluding hydrogens is 198 g/mol. The zero-order chi connectivity index (χ0) is 11.6. The van der Waals surface area contributed by atoms with E-state index in [1.54, 1.807) is 13.8 Å². The summed E-state index contributed by atoms with van der Waals surface area (Å²) >= 11 is 0. The summed E-state index contributed by atoms with van der Waals surface area (Å²) in [5.74, 6) is -1.89. The predicted molar refractivity (Wildman–Crippen MR) is 54.9 cm³/mol. The van der Waals surface area contributed by atoms with Crippen LogP contribution in [0.2, 0.25) is 0 Å². The Hall–Kier alpha value is -1.51. The number of allylic oxidation sites excluding steroid dienone is 2. The average molecular weight is 210 g/mol. The third-order valence-electron chi connectivity index (χ3n) is 1.93. The lowest BCUT2D eigenvalue weighted by atomic mass is 10.1. The molecular formula is C12H12F2O. The van der Waals surface area contributed by atoms with Crippen LogP contribution in [-0.2, 0) is 0 Å². The van der Waals surface area contributed by atoms with Crippen molar-refractivity contribution in [2.75, 3.05) is 0 Å². The molecule has 0 aliphatic carbocycles. The van der Waals surface area contributed by atoms with Gasteiger partial charge in [-0.05, 0) is 38.5 Å². The first-order valence-electron chi connectivity index (χ1n) is 4.56. The zero-order valence-corrected chi connectivity index (χ0v) is 8.90. The molecule has 15 heavy (non-hydrogen) atoms. The summed E-state index contributed by atoms with van der Waals surface area (Å²) in [6, 6.07) is 1.97. The first kappa shape index (κ1) is 11.6. The topological polar surface area (TPSA) is 17.1 Å². The predicted octanol–water partition coefficient (Wildman–Crippen LogP) is 3.42. The van der Waals surface area contributed by atoms with Crippen LogP contribution < -0.4 is 0 Å². The fourth-order valence-corrected chi connectivity index (χ4v) is 1.19. The standard InChI is InChI=1S/C12H12F2O/c1-7(2)4-12(15)9-5-8(3)10(13)6-11(9)14/h4-6H,1-3H3. The molecule has 1 aromatic rings. The molecule has 0 atom stereocenters. The number of carbonyl (C=O) groups excluding carboxylic acids is 1. The van der Waals surface area contributed by atoms with Gasteiger partial charge in [0, 0.05) is 6.07 Å². The van der Waals surface area contributed by atoms with E-state index < -0.39 is 17.4 Å². The first-order chi connectivity index (χ1) is 6.91. The summed E-state index contributed by atoms with van der Waals surface area (Å²) in [6.07, 6.45) is 1.33. The maximum atomic E-state index is 13.2. The lowest BCUT2D eigenvalue weighted by Crippen LogP contribution is -2.01. The fourth-order valence-electron chi connectivity index (χ4n) is 1.19. The van der Waals surface area contributed by atoms with Crippen LogP contribution >= 0.6 is 0 Å². The molecule has 0 radical (unpaired) electrons. The highest BCUT2D eigenvalue weighted by Gasteiger charge is 2.12. The van der Waals surface area contributed by atoms with Crippen LogP contribution in [0.15, 0.2) is 23.8 Å². The Morgan fingerprint density at radius 1 is 1.20 bits per heavy atom. The van der Waals surface area contributed by atoms with E-state index in [-0.39, 0.29) is 11.1 Å². The van der Waals surface area contributed by atoms with Gasteiger partial charge >= 0.3 is 0 Å². The van der Waals surface area contributed by atoms with Gasteiger partial charge in [-0.1, -0.05) is 5.57 Å². The smallest absolute Gasteiger partial charge is 0.188 e. The molecule has 1 rings (SSSR count). The minimum absolute atomic E-state index is 0.0879. The summed E-state index contributed by atoms with van der Waals surface area (Å²) in [6.45, 7) is 4.98. The number of hydrogen-bond acceptors (Lipinski definition) is 1. The van der Waals surface area contributed by atoms with Crippen LogP contribution in [0.5, 0.6) is 0 Å². The third kappa shape index (κ3) is 2.72. The van der Waals surface area contributed by atoms with Crippen molar-refractivity contribution in [2.24, 2.45) is 0 Å². The quantitative estimate of drug-likeness (QED) is 0.540. The van der Waals surface area contributed by atoms with E-state index in [0.29, 0.717) is 0 Å². The maximum absolute atomic E-state index is 13.2. The lowest BCUT2D eigenvalue weighted by Gasteiger charge is -2.02. The second-order valence-electron chi connectivity index (χ2n) is 3.67. The van der Waals surface area contributed by atoms with Crippen molar-refractivity contribution in [3.63, 3.8) is 0 Å². The number of hydrogen-bond donors (Lipinski definition) is 0. The Balaban J connectivity index is 3.21. The van der Waals surface area contributed by atoms with Gasteiger partial charge in [0.1, 0.15) is 11.6 Å². The van der Waals surface area contributed by atoms with Crippen LogP contribution in [0.25, 0.3) is 0 Å². The first-order valence-corrected chi connectivity index (χ1v) is 4.56. The molecule has 0 bridgehead atoms. The molecule has 0 N–H and O–H groups in total. The molecule has 0 saturated heterocycles. The van der Waals surface area contributed by atoms with Crippen molar-refractivity contribution in [1.82, 2.24) is 0 Å². The molecule has 0 aliphatic heterocycles. The minimum atomic E-state index is -0.819. The monoisotopic (exact) mass is 210 g/mol. The molecule has 1 aromatic carbocycles.